The van der Waals surface area contributed by atoms with Crippen LogP contribution in [0.15, 0.2) is 107 Å². The molecule has 2 atom stereocenters. The molecule has 0 radical (unpaired) electrons. The van der Waals surface area contributed by atoms with Gasteiger partial charge in [-0.2, -0.15) is 10.2 Å². The van der Waals surface area contributed by atoms with Crippen LogP contribution in [0.1, 0.15) is 37.9 Å². The van der Waals surface area contributed by atoms with Crippen LogP contribution in [0.4, 0.5) is 22.7 Å². The molecule has 0 aliphatic carbocycles. The number of hydrogen-bond donors (Lipinski definition) is 4. The van der Waals surface area contributed by atoms with Crippen LogP contribution < -0.4 is 41.2 Å². The minimum absolute atomic E-state index is 0.0760. The first-order valence-corrected chi connectivity index (χ1v) is 17.4. The third-order valence-electron chi connectivity index (χ3n) is 10.0. The second-order valence-electron chi connectivity index (χ2n) is 13.9. The number of hydrazone groups is 2. The number of amidine groups is 2. The molecule has 1 saturated heterocycles. The summed E-state index contributed by atoms with van der Waals surface area (Å²) in [6, 6.07) is 32.4. The third-order valence-corrected chi connectivity index (χ3v) is 10.0. The standard InChI is InChI=1S/C28H29N5O2.C11H12N4O2/c1-19-27(34)31-30-25-16-35-24-14-13-22(15-23(24)33(19)25)29-28(2)17-32(18-28)26(20-9-5-3-6-10-20)21-11-7-4-8-12-21;1-6-11(16)14-13-10-5-17-9-3-2-7(12)4-8(9)15(6)10/h3-15,19,26,29H,16-18H2,1-2H3,(H,31,34);2-4,6H,5,12H2,1H3,(H,14,16). The van der Waals surface area contributed by atoms with Gasteiger partial charge < -0.3 is 30.3 Å². The maximum atomic E-state index is 12.2. The smallest absolute Gasteiger partial charge is 0.262 e. The van der Waals surface area contributed by atoms with Crippen LogP contribution in [0.5, 0.6) is 11.5 Å². The highest BCUT2D eigenvalue weighted by Gasteiger charge is 2.43. The maximum absolute atomic E-state index is 12.2. The van der Waals surface area contributed by atoms with Gasteiger partial charge in [-0.3, -0.25) is 14.5 Å². The third kappa shape index (κ3) is 6.13. The largest absolute Gasteiger partial charge is 0.483 e. The number of nitrogen functional groups attached to an aromatic ring is 1. The number of anilines is 4. The molecule has 2 amide bonds. The summed E-state index contributed by atoms with van der Waals surface area (Å²) in [6.07, 6.45) is 0. The van der Waals surface area contributed by atoms with Crippen molar-refractivity contribution in [1.29, 1.82) is 0 Å². The van der Waals surface area contributed by atoms with Crippen molar-refractivity contribution in [1.82, 2.24) is 15.8 Å². The quantitative estimate of drug-likeness (QED) is 0.224. The fraction of sp³-hybridized carbons (Fsp3) is 0.282. The van der Waals surface area contributed by atoms with Crippen molar-refractivity contribution < 1.29 is 19.1 Å². The Morgan fingerprint density at radius 1 is 0.750 bits per heavy atom. The average molecular weight is 700 g/mol. The predicted molar refractivity (Wildman–Crippen MR) is 202 cm³/mol. The lowest BCUT2D eigenvalue weighted by Gasteiger charge is -2.52. The molecule has 52 heavy (non-hydrogen) atoms. The van der Waals surface area contributed by atoms with Crippen LogP contribution in [0.2, 0.25) is 0 Å². The highest BCUT2D eigenvalue weighted by molar-refractivity contribution is 6.10. The van der Waals surface area contributed by atoms with Gasteiger partial charge in [0.15, 0.2) is 11.7 Å². The molecule has 0 spiro atoms. The van der Waals surface area contributed by atoms with E-state index in [2.05, 4.69) is 111 Å². The van der Waals surface area contributed by atoms with Gasteiger partial charge in [0.1, 0.15) is 36.8 Å². The molecule has 266 valence electrons. The molecule has 5 aliphatic rings. The average Bonchev–Trinajstić information content (AvgIpc) is 3.15. The molecule has 1 fully saturated rings. The summed E-state index contributed by atoms with van der Waals surface area (Å²) in [7, 11) is 0. The predicted octanol–water partition coefficient (Wildman–Crippen LogP) is 4.29. The molecule has 13 nitrogen and oxygen atoms in total. The summed E-state index contributed by atoms with van der Waals surface area (Å²) in [6.45, 7) is 8.48. The number of nitrogens with zero attached hydrogens (tertiary/aromatic N) is 5. The molecule has 5 heterocycles. The Morgan fingerprint density at radius 2 is 1.25 bits per heavy atom. The summed E-state index contributed by atoms with van der Waals surface area (Å²) in [5, 5.41) is 11.9. The SMILES string of the molecule is CC1C(=O)NN=C2COc3ccc(N)cc3N21.CC1C(=O)NN=C2COc3ccc(NC4(C)CN(C(c5ccccc5)c5ccccc5)C4)cc3N21. The van der Waals surface area contributed by atoms with Crippen LogP contribution >= 0.6 is 0 Å². The zero-order valence-electron chi connectivity index (χ0n) is 29.2. The Balaban J connectivity index is 0.000000190. The number of nitrogens with two attached hydrogens (primary N) is 1. The Labute approximate surface area is 302 Å². The van der Waals surface area contributed by atoms with E-state index in [0.29, 0.717) is 24.7 Å². The number of ether oxygens (including phenoxy) is 2. The molecular weight excluding hydrogens is 658 g/mol. The topological polar surface area (TPSA) is 149 Å². The highest BCUT2D eigenvalue weighted by atomic mass is 16.5. The molecule has 4 aromatic rings. The fourth-order valence-electron chi connectivity index (χ4n) is 7.49. The lowest BCUT2D eigenvalue weighted by atomic mass is 9.86. The van der Waals surface area contributed by atoms with Crippen molar-refractivity contribution in [2.75, 3.05) is 47.2 Å². The van der Waals surface area contributed by atoms with E-state index in [4.69, 9.17) is 15.2 Å². The van der Waals surface area contributed by atoms with E-state index in [1.54, 1.807) is 18.2 Å². The minimum atomic E-state index is -0.340. The summed E-state index contributed by atoms with van der Waals surface area (Å²) in [4.78, 5) is 30.2. The van der Waals surface area contributed by atoms with Crippen LogP contribution in [0, 0.1) is 0 Å². The molecule has 2 unspecified atom stereocenters. The zero-order chi connectivity index (χ0) is 36.0. The molecule has 0 bridgehead atoms. The molecule has 0 aromatic heterocycles. The number of hydrogen-bond acceptors (Lipinski definition) is 11. The molecule has 5 aliphatic heterocycles. The van der Waals surface area contributed by atoms with Gasteiger partial charge in [0.05, 0.1) is 23.0 Å². The van der Waals surface area contributed by atoms with Crippen LogP contribution in [-0.2, 0) is 9.59 Å². The zero-order valence-corrected chi connectivity index (χ0v) is 29.2. The highest BCUT2D eigenvalue weighted by Crippen LogP contribution is 2.41. The van der Waals surface area contributed by atoms with Crippen molar-refractivity contribution >= 4 is 46.2 Å². The number of fused-ring (bicyclic) bond motifs is 6. The second kappa shape index (κ2) is 13.2. The van der Waals surface area contributed by atoms with E-state index in [-0.39, 0.29) is 35.5 Å². The summed E-state index contributed by atoms with van der Waals surface area (Å²) in [5.74, 6) is 2.65. The van der Waals surface area contributed by atoms with Gasteiger partial charge in [0.25, 0.3) is 11.8 Å². The van der Waals surface area contributed by atoms with Gasteiger partial charge in [-0.15, -0.1) is 0 Å². The number of likely N-dealkylation sites (tertiary alicyclic amines) is 1. The number of carbonyl (C=O) groups is 2. The minimum Gasteiger partial charge on any atom is -0.483 e. The van der Waals surface area contributed by atoms with Crippen LogP contribution in [0.3, 0.4) is 0 Å². The Morgan fingerprint density at radius 3 is 1.79 bits per heavy atom. The van der Waals surface area contributed by atoms with E-state index in [0.717, 1.165) is 47.5 Å². The van der Waals surface area contributed by atoms with Crippen molar-refractivity contribution in [3.63, 3.8) is 0 Å². The number of benzene rings is 4. The van der Waals surface area contributed by atoms with Crippen LogP contribution in [0.25, 0.3) is 0 Å². The van der Waals surface area contributed by atoms with Gasteiger partial charge in [-0.05, 0) is 68.3 Å². The van der Waals surface area contributed by atoms with Gasteiger partial charge >= 0.3 is 0 Å². The first-order chi connectivity index (χ1) is 25.2. The Hall–Kier alpha value is -6.08. The second-order valence-corrected chi connectivity index (χ2v) is 13.9. The van der Waals surface area contributed by atoms with Crippen LogP contribution in [-0.4, -0.2) is 72.3 Å². The van der Waals surface area contributed by atoms with E-state index in [1.807, 2.05) is 29.7 Å². The van der Waals surface area contributed by atoms with E-state index < -0.39 is 0 Å². The van der Waals surface area contributed by atoms with E-state index in [9.17, 15) is 9.59 Å². The number of carbonyl (C=O) groups excluding carboxylic acids is 2. The monoisotopic (exact) mass is 699 g/mol. The van der Waals surface area contributed by atoms with Gasteiger partial charge in [-0.1, -0.05) is 60.7 Å². The molecule has 5 N–H and O–H groups in total. The van der Waals surface area contributed by atoms with Crippen molar-refractivity contribution in [3.05, 3.63) is 108 Å². The maximum Gasteiger partial charge on any atom is 0.262 e. The molecular formula is C39H41N9O4. The van der Waals surface area contributed by atoms with Gasteiger partial charge in [0.2, 0.25) is 0 Å². The van der Waals surface area contributed by atoms with Crippen molar-refractivity contribution in [2.45, 2.75) is 44.4 Å². The number of rotatable bonds is 5. The van der Waals surface area contributed by atoms with E-state index in [1.165, 1.54) is 11.1 Å². The molecule has 13 heteroatoms. The van der Waals surface area contributed by atoms with E-state index >= 15 is 0 Å². The number of nitrogens with one attached hydrogen (secondary N) is 3. The molecule has 0 saturated carbocycles. The summed E-state index contributed by atoms with van der Waals surface area (Å²) in [5.41, 5.74) is 16.6. The lowest BCUT2D eigenvalue weighted by molar-refractivity contribution is -0.123. The normalized spacial score (nSPS) is 21.1. The number of amides is 2. The van der Waals surface area contributed by atoms with Gasteiger partial charge in [0, 0.05) is 24.5 Å². The Bertz CT molecular complexity index is 2030. The lowest BCUT2D eigenvalue weighted by Crippen LogP contribution is -2.64. The Kier molecular flexibility index (Phi) is 8.42. The van der Waals surface area contributed by atoms with Crippen molar-refractivity contribution in [2.24, 2.45) is 10.2 Å². The van der Waals surface area contributed by atoms with Gasteiger partial charge in [-0.25, -0.2) is 10.9 Å². The first kappa shape index (κ1) is 33.1. The summed E-state index contributed by atoms with van der Waals surface area (Å²) >= 11 is 0. The van der Waals surface area contributed by atoms with Crippen molar-refractivity contribution in [3.8, 4) is 11.5 Å². The molecule has 9 rings (SSSR count). The molecule has 4 aromatic carbocycles. The fourth-order valence-corrected chi connectivity index (χ4v) is 7.49. The first-order valence-electron chi connectivity index (χ1n) is 17.4. The summed E-state index contributed by atoms with van der Waals surface area (Å²) < 4.78 is 11.4.